The van der Waals surface area contributed by atoms with Crippen LogP contribution in [0.25, 0.3) is 109 Å². The molecule has 0 saturated heterocycles. The normalized spacial score (nSPS) is 12.2. The molecule has 3 heteroatoms. The number of hydrogen-bond donors (Lipinski definition) is 0. The van der Waals surface area contributed by atoms with E-state index in [-0.39, 0.29) is 0 Å². The summed E-state index contributed by atoms with van der Waals surface area (Å²) in [6, 6.07) is 65.7. The molecule has 13 rings (SSSR count). The third-order valence-electron chi connectivity index (χ3n) is 12.5. The van der Waals surface area contributed by atoms with Crippen molar-refractivity contribution in [2.45, 2.75) is 6.92 Å². The summed E-state index contributed by atoms with van der Waals surface area (Å²) in [4.78, 5) is 2.43. The number of aryl methyl sites for hydroxylation is 1. The van der Waals surface area contributed by atoms with Crippen molar-refractivity contribution in [3.63, 3.8) is 0 Å². The lowest BCUT2D eigenvalue weighted by molar-refractivity contribution is 0.669. The number of rotatable bonds is 4. The molecule has 0 amide bonds. The molecule has 0 bridgehead atoms. The fourth-order valence-corrected chi connectivity index (χ4v) is 10.0. The lowest BCUT2D eigenvalue weighted by atomic mass is 9.89. The Labute approximate surface area is 332 Å². The number of para-hydroxylation sites is 3. The number of benzene rings is 11. The minimum atomic E-state index is 0.866. The van der Waals surface area contributed by atoms with Crippen molar-refractivity contribution >= 4 is 115 Å². The van der Waals surface area contributed by atoms with E-state index in [1.54, 1.807) is 0 Å². The maximum absolute atomic E-state index is 6.99. The van der Waals surface area contributed by atoms with Gasteiger partial charge >= 0.3 is 0 Å². The Hall–Kier alpha value is -7.62. The van der Waals surface area contributed by atoms with Crippen molar-refractivity contribution in [2.75, 3.05) is 4.90 Å². The number of anilines is 3. The van der Waals surface area contributed by atoms with Crippen molar-refractivity contribution in [3.8, 4) is 11.1 Å². The lowest BCUT2D eigenvalue weighted by Crippen LogP contribution is -2.13. The monoisotopic (exact) mass is 739 g/mol. The average molecular weight is 740 g/mol. The van der Waals surface area contributed by atoms with Crippen LogP contribution in [0.5, 0.6) is 0 Å². The molecule has 0 radical (unpaired) electrons. The molecular formula is C55H33NO2. The quantitative estimate of drug-likeness (QED) is 0.133. The van der Waals surface area contributed by atoms with E-state index in [0.29, 0.717) is 0 Å². The van der Waals surface area contributed by atoms with Gasteiger partial charge in [0.25, 0.3) is 0 Å². The van der Waals surface area contributed by atoms with Crippen LogP contribution in [0.15, 0.2) is 191 Å². The van der Waals surface area contributed by atoms with Gasteiger partial charge in [0.05, 0.1) is 11.4 Å². The first-order valence-electron chi connectivity index (χ1n) is 19.9. The van der Waals surface area contributed by atoms with Gasteiger partial charge in [0, 0.05) is 48.8 Å². The summed E-state index contributed by atoms with van der Waals surface area (Å²) in [5.41, 5.74) is 10.3. The van der Waals surface area contributed by atoms with Crippen LogP contribution in [0, 0.1) is 6.92 Å². The van der Waals surface area contributed by atoms with E-state index in [0.717, 1.165) is 77.3 Å². The van der Waals surface area contributed by atoms with Gasteiger partial charge in [0.2, 0.25) is 0 Å². The lowest BCUT2D eigenvalue weighted by Gasteiger charge is -2.30. The van der Waals surface area contributed by atoms with E-state index in [1.807, 2.05) is 6.07 Å². The zero-order valence-corrected chi connectivity index (χ0v) is 31.6. The predicted octanol–water partition coefficient (Wildman–Crippen LogP) is 16.1. The topological polar surface area (TPSA) is 29.5 Å². The van der Waals surface area contributed by atoms with Crippen molar-refractivity contribution < 1.29 is 8.83 Å². The third kappa shape index (κ3) is 4.22. The van der Waals surface area contributed by atoms with Crippen LogP contribution < -0.4 is 4.90 Å². The molecule has 0 fully saturated rings. The minimum absolute atomic E-state index is 0.866. The molecule has 2 heterocycles. The molecule has 270 valence electrons. The van der Waals surface area contributed by atoms with Crippen LogP contribution in [-0.4, -0.2) is 0 Å². The molecular weight excluding hydrogens is 707 g/mol. The van der Waals surface area contributed by atoms with E-state index in [4.69, 9.17) is 8.83 Å². The van der Waals surface area contributed by atoms with Gasteiger partial charge in [-0.3, -0.25) is 0 Å². The van der Waals surface area contributed by atoms with Crippen molar-refractivity contribution in [2.24, 2.45) is 0 Å². The maximum atomic E-state index is 6.99. The Morgan fingerprint density at radius 3 is 1.69 bits per heavy atom. The second-order valence-corrected chi connectivity index (χ2v) is 15.6. The molecule has 0 aliphatic heterocycles. The van der Waals surface area contributed by atoms with Crippen LogP contribution in [0.1, 0.15) is 5.56 Å². The van der Waals surface area contributed by atoms with Gasteiger partial charge in [-0.1, -0.05) is 152 Å². The number of furan rings is 2. The van der Waals surface area contributed by atoms with Crippen LogP contribution in [0.3, 0.4) is 0 Å². The Morgan fingerprint density at radius 2 is 0.931 bits per heavy atom. The van der Waals surface area contributed by atoms with E-state index in [9.17, 15) is 0 Å². The predicted molar refractivity (Wildman–Crippen MR) is 245 cm³/mol. The molecule has 0 atom stereocenters. The number of nitrogens with zero attached hydrogens (tertiary/aromatic N) is 1. The van der Waals surface area contributed by atoms with Gasteiger partial charge in [-0.2, -0.15) is 0 Å². The summed E-state index contributed by atoms with van der Waals surface area (Å²) in [6.07, 6.45) is 0. The molecule has 0 aliphatic carbocycles. The Balaban J connectivity index is 1.12. The first-order chi connectivity index (χ1) is 28.7. The van der Waals surface area contributed by atoms with Crippen LogP contribution in [0.4, 0.5) is 17.1 Å². The average Bonchev–Trinajstić information content (AvgIpc) is 3.86. The Bertz CT molecular complexity index is 3770. The molecule has 3 nitrogen and oxygen atoms in total. The van der Waals surface area contributed by atoms with E-state index in [2.05, 4.69) is 188 Å². The van der Waals surface area contributed by atoms with Crippen LogP contribution >= 0.6 is 0 Å². The van der Waals surface area contributed by atoms with Crippen LogP contribution in [-0.2, 0) is 0 Å². The highest BCUT2D eigenvalue weighted by atomic mass is 16.3. The smallest absolute Gasteiger partial charge is 0.159 e. The van der Waals surface area contributed by atoms with Gasteiger partial charge in [-0.05, 0) is 86.3 Å². The summed E-state index contributed by atoms with van der Waals surface area (Å²) in [7, 11) is 0. The van der Waals surface area contributed by atoms with Crippen molar-refractivity contribution in [1.29, 1.82) is 0 Å². The molecule has 2 aromatic heterocycles. The molecule has 0 N–H and O–H groups in total. The summed E-state index contributed by atoms with van der Waals surface area (Å²) in [5, 5.41) is 16.6. The highest BCUT2D eigenvalue weighted by molar-refractivity contribution is 6.36. The summed E-state index contributed by atoms with van der Waals surface area (Å²) in [6.45, 7) is 2.19. The van der Waals surface area contributed by atoms with E-state index in [1.165, 1.54) is 54.2 Å². The van der Waals surface area contributed by atoms with Crippen molar-refractivity contribution in [3.05, 3.63) is 188 Å². The first-order valence-corrected chi connectivity index (χ1v) is 19.9. The second-order valence-electron chi connectivity index (χ2n) is 15.6. The summed E-state index contributed by atoms with van der Waals surface area (Å²) in [5.74, 6) is 0. The van der Waals surface area contributed by atoms with Gasteiger partial charge in [0.1, 0.15) is 16.7 Å². The fourth-order valence-electron chi connectivity index (χ4n) is 10.0. The summed E-state index contributed by atoms with van der Waals surface area (Å²) >= 11 is 0. The zero-order valence-electron chi connectivity index (χ0n) is 31.6. The molecule has 0 saturated carbocycles. The summed E-state index contributed by atoms with van der Waals surface area (Å²) < 4.78 is 13.7. The minimum Gasteiger partial charge on any atom is -0.455 e. The van der Waals surface area contributed by atoms with E-state index >= 15 is 0 Å². The maximum Gasteiger partial charge on any atom is 0.159 e. The van der Waals surface area contributed by atoms with Gasteiger partial charge in [0.15, 0.2) is 5.58 Å². The van der Waals surface area contributed by atoms with Gasteiger partial charge < -0.3 is 13.7 Å². The number of fused-ring (bicyclic) bond motifs is 10. The highest BCUT2D eigenvalue weighted by Gasteiger charge is 2.26. The highest BCUT2D eigenvalue weighted by Crippen LogP contribution is 2.52. The number of hydrogen-bond acceptors (Lipinski definition) is 3. The van der Waals surface area contributed by atoms with Crippen molar-refractivity contribution in [1.82, 2.24) is 0 Å². The zero-order chi connectivity index (χ0) is 38.1. The van der Waals surface area contributed by atoms with Crippen LogP contribution in [0.2, 0.25) is 0 Å². The molecule has 0 unspecified atom stereocenters. The SMILES string of the molecule is Cc1ccccc1N(c1c2ccccc2c(-c2ccc3c(c2)oc2c4cccc5ccc6cccc(c32)c6c54)c2ccccc12)c1cccc2c1oc1ccccc12. The van der Waals surface area contributed by atoms with Gasteiger partial charge in [-0.25, -0.2) is 0 Å². The molecule has 0 aliphatic rings. The van der Waals surface area contributed by atoms with Gasteiger partial charge in [-0.15, -0.1) is 0 Å². The second kappa shape index (κ2) is 11.7. The largest absolute Gasteiger partial charge is 0.455 e. The Kier molecular flexibility index (Phi) is 6.37. The Morgan fingerprint density at radius 1 is 0.362 bits per heavy atom. The molecule has 0 spiro atoms. The molecule has 13 aromatic rings. The standard InChI is InChI=1S/C55H33NO2/c1-32-13-2-8-24-45(32)56(46-25-12-21-41-36-16-7-9-26-47(36)57-54(41)46)53-39-19-5-3-17-37(39)49(38-18-4-6-20-40(38)53)35-29-30-42-48(31-35)58-55-44-23-11-15-34-28-27-33-14-10-22-43(52(42)55)50(33)51(34)44/h2-31H,1H3. The van der Waals surface area contributed by atoms with E-state index < -0.39 is 0 Å². The third-order valence-corrected chi connectivity index (χ3v) is 12.5. The molecule has 11 aromatic carbocycles. The molecule has 58 heavy (non-hydrogen) atoms. The fraction of sp³-hybridized carbons (Fsp3) is 0.0182. The first kappa shape index (κ1) is 31.6.